The van der Waals surface area contributed by atoms with Gasteiger partial charge in [-0.2, -0.15) is 4.98 Å². The molecule has 4 rings (SSSR count). The first-order chi connectivity index (χ1) is 13.3. The maximum atomic E-state index is 5.18. The molecule has 3 N–H and O–H groups in total. The third-order valence-corrected chi connectivity index (χ3v) is 4.79. The van der Waals surface area contributed by atoms with Crippen LogP contribution in [0.1, 0.15) is 22.3 Å². The van der Waals surface area contributed by atoms with E-state index in [-0.39, 0.29) is 0 Å². The third-order valence-electron chi connectivity index (χ3n) is 4.79. The fourth-order valence-electron chi connectivity index (χ4n) is 3.38. The molecule has 3 aromatic rings. The first kappa shape index (κ1) is 17.5. The molecule has 0 amide bonds. The number of nitrogens with two attached hydrogens (primary N) is 1. The van der Waals surface area contributed by atoms with Crippen LogP contribution in [0.3, 0.4) is 0 Å². The van der Waals surface area contributed by atoms with Crippen molar-refractivity contribution in [1.29, 1.82) is 0 Å². The van der Waals surface area contributed by atoms with Crippen LogP contribution in [0.2, 0.25) is 0 Å². The van der Waals surface area contributed by atoms with Crippen molar-refractivity contribution < 1.29 is 4.84 Å². The van der Waals surface area contributed by atoms with Gasteiger partial charge in [0.25, 0.3) is 0 Å². The summed E-state index contributed by atoms with van der Waals surface area (Å²) in [4.78, 5) is 16.1. The molecule has 0 bridgehead atoms. The van der Waals surface area contributed by atoms with E-state index in [0.29, 0.717) is 19.1 Å². The molecule has 0 atom stereocenters. The first-order valence-corrected chi connectivity index (χ1v) is 9.10. The van der Waals surface area contributed by atoms with Crippen molar-refractivity contribution in [3.05, 3.63) is 83.0 Å². The van der Waals surface area contributed by atoms with Crippen molar-refractivity contribution in [3.8, 4) is 0 Å². The number of aromatic nitrogens is 2. The lowest BCUT2D eigenvalue weighted by Crippen LogP contribution is -2.31. The fraction of sp³-hybridized carbons (Fsp3) is 0.238. The zero-order valence-electron chi connectivity index (χ0n) is 15.1. The highest BCUT2D eigenvalue weighted by molar-refractivity contribution is 5.47. The molecule has 1 aromatic heterocycles. The van der Waals surface area contributed by atoms with Gasteiger partial charge in [0.1, 0.15) is 5.82 Å². The van der Waals surface area contributed by atoms with Gasteiger partial charge in [-0.05, 0) is 34.7 Å². The maximum absolute atomic E-state index is 5.18. The Kier molecular flexibility index (Phi) is 5.27. The lowest BCUT2D eigenvalue weighted by molar-refractivity contribution is 0.124. The monoisotopic (exact) mass is 361 g/mol. The van der Waals surface area contributed by atoms with E-state index >= 15 is 0 Å². The average molecular weight is 361 g/mol. The molecule has 138 valence electrons. The largest absolute Gasteiger partial charge is 0.352 e. The van der Waals surface area contributed by atoms with E-state index in [1.54, 1.807) is 0 Å². The molecule has 0 spiro atoms. The Morgan fingerprint density at radius 1 is 1.04 bits per heavy atom. The van der Waals surface area contributed by atoms with Crippen LogP contribution in [0.15, 0.2) is 60.8 Å². The molecule has 2 aromatic carbocycles. The summed E-state index contributed by atoms with van der Waals surface area (Å²) in [6.07, 6.45) is 2.79. The average Bonchev–Trinajstić information content (AvgIpc) is 2.73. The van der Waals surface area contributed by atoms with Gasteiger partial charge < -0.3 is 10.2 Å². The van der Waals surface area contributed by atoms with E-state index in [1.165, 1.54) is 16.7 Å². The van der Waals surface area contributed by atoms with Gasteiger partial charge in [-0.1, -0.05) is 48.5 Å². The molecule has 0 unspecified atom stereocenters. The molecule has 0 radical (unpaired) electrons. The van der Waals surface area contributed by atoms with Crippen LogP contribution in [0.25, 0.3) is 0 Å². The number of nitrogens with zero attached hydrogens (tertiary/aromatic N) is 3. The maximum Gasteiger partial charge on any atom is 0.224 e. The van der Waals surface area contributed by atoms with Crippen LogP contribution in [0.5, 0.6) is 0 Å². The van der Waals surface area contributed by atoms with Gasteiger partial charge in [0.05, 0.1) is 6.61 Å². The molecule has 2 heterocycles. The molecule has 6 heteroatoms. The van der Waals surface area contributed by atoms with Crippen molar-refractivity contribution in [2.45, 2.75) is 26.1 Å². The van der Waals surface area contributed by atoms with Gasteiger partial charge >= 0.3 is 0 Å². The van der Waals surface area contributed by atoms with Crippen molar-refractivity contribution in [3.63, 3.8) is 0 Å². The second kappa shape index (κ2) is 8.16. The quantitative estimate of drug-likeness (QED) is 0.657. The number of hydrogen-bond donors (Lipinski definition) is 2. The molecule has 0 saturated carbocycles. The van der Waals surface area contributed by atoms with Gasteiger partial charge in [-0.3, -0.25) is 4.84 Å². The van der Waals surface area contributed by atoms with Crippen molar-refractivity contribution >= 4 is 11.8 Å². The lowest BCUT2D eigenvalue weighted by atomic mass is 9.97. The minimum absolute atomic E-state index is 0.444. The highest BCUT2D eigenvalue weighted by Gasteiger charge is 2.18. The first-order valence-electron chi connectivity index (χ1n) is 9.10. The molecule has 0 aliphatic carbocycles. The Labute approximate surface area is 159 Å². The molecule has 6 nitrogen and oxygen atoms in total. The van der Waals surface area contributed by atoms with Crippen LogP contribution in [-0.4, -0.2) is 16.5 Å². The third kappa shape index (κ3) is 4.24. The number of hydrogen-bond acceptors (Lipinski definition) is 6. The summed E-state index contributed by atoms with van der Waals surface area (Å²) in [7, 11) is 0. The lowest BCUT2D eigenvalue weighted by Gasteiger charge is -2.30. The smallest absolute Gasteiger partial charge is 0.224 e. The van der Waals surface area contributed by atoms with E-state index in [9.17, 15) is 0 Å². The van der Waals surface area contributed by atoms with E-state index in [1.807, 2.05) is 30.5 Å². The number of fused-ring (bicyclic) bond motifs is 1. The minimum Gasteiger partial charge on any atom is -0.352 e. The summed E-state index contributed by atoms with van der Waals surface area (Å²) in [6.45, 7) is 2.92. The summed E-state index contributed by atoms with van der Waals surface area (Å²) >= 11 is 0. The fourth-order valence-corrected chi connectivity index (χ4v) is 3.38. The number of nitrogens with one attached hydrogen (secondary N) is 1. The van der Waals surface area contributed by atoms with Crippen LogP contribution >= 0.6 is 0 Å². The highest BCUT2D eigenvalue weighted by Crippen LogP contribution is 2.24. The molecule has 27 heavy (non-hydrogen) atoms. The summed E-state index contributed by atoms with van der Waals surface area (Å²) in [5, 5.41) is 3.31. The predicted octanol–water partition coefficient (Wildman–Crippen LogP) is 3.04. The zero-order valence-corrected chi connectivity index (χ0v) is 15.1. The Morgan fingerprint density at radius 2 is 1.93 bits per heavy atom. The molecule has 0 saturated heterocycles. The van der Waals surface area contributed by atoms with Crippen LogP contribution < -0.4 is 16.1 Å². The van der Waals surface area contributed by atoms with Crippen molar-refractivity contribution in [2.75, 3.05) is 16.8 Å². The standard InChI is InChI=1S/C21H23N5O/c22-27-15-17-6-7-19-14-26(11-9-18(19)12-17)20-8-10-23-21(25-20)24-13-16-4-2-1-3-5-16/h1-8,10,12H,9,11,13-15,22H2,(H,23,24,25). The SMILES string of the molecule is NOCc1ccc2c(c1)CCN(c1ccnc(NCc3ccccc3)n1)C2. The van der Waals surface area contributed by atoms with Gasteiger partial charge in [0, 0.05) is 25.8 Å². The Morgan fingerprint density at radius 3 is 2.78 bits per heavy atom. The van der Waals surface area contributed by atoms with Crippen LogP contribution in [-0.2, 0) is 31.0 Å². The number of rotatable bonds is 6. The number of anilines is 2. The van der Waals surface area contributed by atoms with Crippen LogP contribution in [0.4, 0.5) is 11.8 Å². The van der Waals surface area contributed by atoms with Crippen molar-refractivity contribution in [2.24, 2.45) is 5.90 Å². The van der Waals surface area contributed by atoms with Gasteiger partial charge in [0.15, 0.2) is 0 Å². The van der Waals surface area contributed by atoms with E-state index < -0.39 is 0 Å². The molecular formula is C21H23N5O. The normalized spacial score (nSPS) is 13.3. The van der Waals surface area contributed by atoms with Gasteiger partial charge in [-0.15, -0.1) is 0 Å². The summed E-state index contributed by atoms with van der Waals surface area (Å²) in [5.74, 6) is 6.78. The predicted molar refractivity (Wildman–Crippen MR) is 106 cm³/mol. The molecule has 1 aliphatic rings. The Hall–Kier alpha value is -2.96. The summed E-state index contributed by atoms with van der Waals surface area (Å²) in [6, 6.07) is 18.6. The summed E-state index contributed by atoms with van der Waals surface area (Å²) in [5.41, 5.74) is 4.99. The van der Waals surface area contributed by atoms with Gasteiger partial charge in [-0.25, -0.2) is 10.9 Å². The molecule has 0 fully saturated rings. The molecular weight excluding hydrogens is 338 g/mol. The summed E-state index contributed by atoms with van der Waals surface area (Å²) < 4.78 is 0. The van der Waals surface area contributed by atoms with Crippen LogP contribution in [0, 0.1) is 0 Å². The minimum atomic E-state index is 0.444. The Bertz CT molecular complexity index is 900. The highest BCUT2D eigenvalue weighted by atomic mass is 16.6. The van der Waals surface area contributed by atoms with E-state index in [0.717, 1.165) is 30.9 Å². The molecule has 1 aliphatic heterocycles. The number of benzene rings is 2. The van der Waals surface area contributed by atoms with Gasteiger partial charge in [0.2, 0.25) is 5.95 Å². The van der Waals surface area contributed by atoms with E-state index in [2.05, 4.69) is 45.5 Å². The van der Waals surface area contributed by atoms with Crippen molar-refractivity contribution in [1.82, 2.24) is 9.97 Å². The Balaban J connectivity index is 1.44. The second-order valence-electron chi connectivity index (χ2n) is 6.66. The second-order valence-corrected chi connectivity index (χ2v) is 6.66. The zero-order chi connectivity index (χ0) is 18.5. The van der Waals surface area contributed by atoms with E-state index in [4.69, 9.17) is 15.7 Å². The topological polar surface area (TPSA) is 76.3 Å².